The zero-order valence-electron chi connectivity index (χ0n) is 9.82. The standard InChI is InChI=1S/C13H15ClN2S/c1-2-10-6-3-4-7-11(10)13-16-15-12(17-13)8-5-9-14/h3-4,6-7H,2,5,8-9H2,1H3. The maximum atomic E-state index is 5.68. The van der Waals surface area contributed by atoms with E-state index >= 15 is 0 Å². The van der Waals surface area contributed by atoms with Gasteiger partial charge in [0.15, 0.2) is 0 Å². The summed E-state index contributed by atoms with van der Waals surface area (Å²) < 4.78 is 0. The van der Waals surface area contributed by atoms with Crippen LogP contribution in [0, 0.1) is 0 Å². The van der Waals surface area contributed by atoms with Crippen LogP contribution in [-0.4, -0.2) is 16.1 Å². The molecule has 2 nitrogen and oxygen atoms in total. The van der Waals surface area contributed by atoms with Gasteiger partial charge in [0.25, 0.3) is 0 Å². The van der Waals surface area contributed by atoms with Crippen molar-refractivity contribution in [1.82, 2.24) is 10.2 Å². The smallest absolute Gasteiger partial charge is 0.143 e. The summed E-state index contributed by atoms with van der Waals surface area (Å²) in [4.78, 5) is 0. The number of hydrogen-bond acceptors (Lipinski definition) is 3. The summed E-state index contributed by atoms with van der Waals surface area (Å²) >= 11 is 7.35. The van der Waals surface area contributed by atoms with Gasteiger partial charge in [-0.3, -0.25) is 0 Å². The van der Waals surface area contributed by atoms with Crippen LogP contribution in [-0.2, 0) is 12.8 Å². The monoisotopic (exact) mass is 266 g/mol. The average molecular weight is 267 g/mol. The highest BCUT2D eigenvalue weighted by atomic mass is 35.5. The summed E-state index contributed by atoms with van der Waals surface area (Å²) in [5.41, 5.74) is 2.54. The van der Waals surface area contributed by atoms with Crippen LogP contribution in [0.1, 0.15) is 23.9 Å². The summed E-state index contributed by atoms with van der Waals surface area (Å²) in [5, 5.41) is 10.6. The highest BCUT2D eigenvalue weighted by Gasteiger charge is 2.09. The predicted molar refractivity (Wildman–Crippen MR) is 73.8 cm³/mol. The number of rotatable bonds is 5. The molecule has 4 heteroatoms. The lowest BCUT2D eigenvalue weighted by atomic mass is 10.1. The zero-order valence-corrected chi connectivity index (χ0v) is 11.4. The first kappa shape index (κ1) is 12.5. The molecule has 0 aliphatic heterocycles. The van der Waals surface area contributed by atoms with Crippen LogP contribution in [0.25, 0.3) is 10.6 Å². The third-order valence-corrected chi connectivity index (χ3v) is 3.90. The third-order valence-electron chi connectivity index (χ3n) is 2.62. The number of alkyl halides is 1. The topological polar surface area (TPSA) is 25.8 Å². The maximum Gasteiger partial charge on any atom is 0.148 e. The molecule has 2 rings (SSSR count). The number of aromatic nitrogens is 2. The molecule has 1 aromatic carbocycles. The number of nitrogens with zero attached hydrogens (tertiary/aromatic N) is 2. The van der Waals surface area contributed by atoms with E-state index in [0.29, 0.717) is 5.88 Å². The van der Waals surface area contributed by atoms with E-state index in [2.05, 4.69) is 35.3 Å². The molecular weight excluding hydrogens is 252 g/mol. The second-order valence-corrected chi connectivity index (χ2v) is 5.24. The number of hydrogen-bond donors (Lipinski definition) is 0. The molecule has 0 aliphatic rings. The normalized spacial score (nSPS) is 10.7. The second kappa shape index (κ2) is 6.12. The van der Waals surface area contributed by atoms with Gasteiger partial charge in [-0.2, -0.15) is 0 Å². The fourth-order valence-corrected chi connectivity index (χ4v) is 2.79. The Morgan fingerprint density at radius 3 is 2.82 bits per heavy atom. The van der Waals surface area contributed by atoms with Crippen LogP contribution >= 0.6 is 22.9 Å². The van der Waals surface area contributed by atoms with Gasteiger partial charge in [-0.15, -0.1) is 21.8 Å². The molecule has 0 spiro atoms. The average Bonchev–Trinajstić information content (AvgIpc) is 2.85. The Kier molecular flexibility index (Phi) is 4.51. The van der Waals surface area contributed by atoms with E-state index in [9.17, 15) is 0 Å². The largest absolute Gasteiger partial charge is 0.148 e. The van der Waals surface area contributed by atoms with Crippen LogP contribution < -0.4 is 0 Å². The first-order valence-electron chi connectivity index (χ1n) is 5.81. The van der Waals surface area contributed by atoms with Crippen LogP contribution in [0.15, 0.2) is 24.3 Å². The Balaban J connectivity index is 2.24. The first-order valence-corrected chi connectivity index (χ1v) is 7.17. The molecule has 0 N–H and O–H groups in total. The molecule has 0 saturated carbocycles. The molecule has 0 fully saturated rings. The number of aryl methyl sites for hydroxylation is 2. The maximum absolute atomic E-state index is 5.68. The number of halogens is 1. The van der Waals surface area contributed by atoms with Gasteiger partial charge in [0.2, 0.25) is 0 Å². The van der Waals surface area contributed by atoms with E-state index in [1.54, 1.807) is 11.3 Å². The van der Waals surface area contributed by atoms with E-state index in [1.165, 1.54) is 11.1 Å². The molecule has 17 heavy (non-hydrogen) atoms. The van der Waals surface area contributed by atoms with Crippen molar-refractivity contribution in [2.45, 2.75) is 26.2 Å². The molecule has 1 heterocycles. The van der Waals surface area contributed by atoms with Crippen molar-refractivity contribution in [3.63, 3.8) is 0 Å². The minimum Gasteiger partial charge on any atom is -0.143 e. The van der Waals surface area contributed by atoms with E-state index in [-0.39, 0.29) is 0 Å². The van der Waals surface area contributed by atoms with Crippen LogP contribution in [0.2, 0.25) is 0 Å². The van der Waals surface area contributed by atoms with Crippen molar-refractivity contribution < 1.29 is 0 Å². The minimum absolute atomic E-state index is 0.681. The molecule has 0 unspecified atom stereocenters. The van der Waals surface area contributed by atoms with E-state index in [0.717, 1.165) is 29.3 Å². The van der Waals surface area contributed by atoms with Gasteiger partial charge >= 0.3 is 0 Å². The van der Waals surface area contributed by atoms with Crippen molar-refractivity contribution in [2.75, 3.05) is 5.88 Å². The Hall–Kier alpha value is -0.930. The number of benzene rings is 1. The van der Waals surface area contributed by atoms with E-state index < -0.39 is 0 Å². The van der Waals surface area contributed by atoms with Gasteiger partial charge in [0, 0.05) is 17.9 Å². The lowest BCUT2D eigenvalue weighted by molar-refractivity contribution is 0.884. The van der Waals surface area contributed by atoms with Crippen molar-refractivity contribution in [3.8, 4) is 10.6 Å². The molecule has 90 valence electrons. The Labute approximate surface area is 111 Å². The van der Waals surface area contributed by atoms with Crippen LogP contribution in [0.5, 0.6) is 0 Å². The second-order valence-electron chi connectivity index (χ2n) is 3.80. The SMILES string of the molecule is CCc1ccccc1-c1nnc(CCCCl)s1. The Bertz CT molecular complexity index is 482. The fraction of sp³-hybridized carbons (Fsp3) is 0.385. The third kappa shape index (κ3) is 3.05. The lowest BCUT2D eigenvalue weighted by Gasteiger charge is -2.02. The molecular formula is C13H15ClN2S. The van der Waals surface area contributed by atoms with Crippen molar-refractivity contribution in [2.24, 2.45) is 0 Å². The Morgan fingerprint density at radius 1 is 1.24 bits per heavy atom. The molecule has 0 radical (unpaired) electrons. The fourth-order valence-electron chi connectivity index (χ4n) is 1.72. The zero-order chi connectivity index (χ0) is 12.1. The summed E-state index contributed by atoms with van der Waals surface area (Å²) in [5.74, 6) is 0.681. The van der Waals surface area contributed by atoms with Gasteiger partial charge in [-0.1, -0.05) is 42.5 Å². The van der Waals surface area contributed by atoms with Gasteiger partial charge in [-0.25, -0.2) is 0 Å². The predicted octanol–water partition coefficient (Wildman–Crippen LogP) is 3.94. The van der Waals surface area contributed by atoms with E-state index in [4.69, 9.17) is 11.6 Å². The van der Waals surface area contributed by atoms with Crippen molar-refractivity contribution in [3.05, 3.63) is 34.8 Å². The minimum atomic E-state index is 0.681. The van der Waals surface area contributed by atoms with E-state index in [1.807, 2.05) is 6.07 Å². The molecule has 0 amide bonds. The van der Waals surface area contributed by atoms with Crippen molar-refractivity contribution in [1.29, 1.82) is 0 Å². The molecule has 0 atom stereocenters. The van der Waals surface area contributed by atoms with Gasteiger partial charge in [0.05, 0.1) is 0 Å². The highest BCUT2D eigenvalue weighted by molar-refractivity contribution is 7.14. The van der Waals surface area contributed by atoms with Crippen LogP contribution in [0.3, 0.4) is 0 Å². The van der Waals surface area contributed by atoms with Gasteiger partial charge in [-0.05, 0) is 18.4 Å². The van der Waals surface area contributed by atoms with Gasteiger partial charge in [0.1, 0.15) is 10.0 Å². The molecule has 0 saturated heterocycles. The quantitative estimate of drug-likeness (QED) is 0.766. The summed E-state index contributed by atoms with van der Waals surface area (Å²) in [6.07, 6.45) is 2.91. The molecule has 0 aliphatic carbocycles. The highest BCUT2D eigenvalue weighted by Crippen LogP contribution is 2.27. The lowest BCUT2D eigenvalue weighted by Crippen LogP contribution is -1.86. The Morgan fingerprint density at radius 2 is 2.06 bits per heavy atom. The summed E-state index contributed by atoms with van der Waals surface area (Å²) in [7, 11) is 0. The molecule has 1 aromatic heterocycles. The summed E-state index contributed by atoms with van der Waals surface area (Å²) in [6.45, 7) is 2.16. The molecule has 0 bridgehead atoms. The summed E-state index contributed by atoms with van der Waals surface area (Å²) in [6, 6.07) is 8.38. The molecule has 2 aromatic rings. The van der Waals surface area contributed by atoms with Crippen molar-refractivity contribution >= 4 is 22.9 Å². The first-order chi connectivity index (χ1) is 8.35. The van der Waals surface area contributed by atoms with Gasteiger partial charge < -0.3 is 0 Å². The van der Waals surface area contributed by atoms with Crippen LogP contribution in [0.4, 0.5) is 0 Å².